The van der Waals surface area contributed by atoms with Crippen molar-refractivity contribution in [2.24, 2.45) is 22.7 Å². The van der Waals surface area contributed by atoms with Gasteiger partial charge in [0.25, 0.3) is 0 Å². The van der Waals surface area contributed by atoms with Crippen LogP contribution in [0.3, 0.4) is 0 Å². The van der Waals surface area contributed by atoms with E-state index in [4.69, 9.17) is 9.47 Å². The normalized spacial score (nSPS) is 50.0. The first-order valence-electron chi connectivity index (χ1n) is 11.9. The first kappa shape index (κ1) is 21.6. The zero-order valence-corrected chi connectivity index (χ0v) is 18.7. The molecule has 0 aromatic rings. The molecule has 0 aromatic heterocycles. The largest absolute Gasteiger partial charge is 0.471 e. The molecule has 0 bridgehead atoms. The summed E-state index contributed by atoms with van der Waals surface area (Å²) in [7, 11) is 0. The van der Waals surface area contributed by atoms with Crippen LogP contribution >= 0.6 is 0 Å². The molecule has 8 atom stereocenters. The molecule has 0 radical (unpaired) electrons. The lowest BCUT2D eigenvalue weighted by molar-refractivity contribution is -0.177. The van der Waals surface area contributed by atoms with Gasteiger partial charge in [-0.15, -0.1) is 0 Å². The van der Waals surface area contributed by atoms with Gasteiger partial charge in [-0.05, 0) is 50.5 Å². The van der Waals surface area contributed by atoms with Gasteiger partial charge >= 0.3 is 18.1 Å². The minimum absolute atomic E-state index is 0.0336. The van der Waals surface area contributed by atoms with Crippen LogP contribution in [0.25, 0.3) is 0 Å². The molecule has 6 nitrogen and oxygen atoms in total. The van der Waals surface area contributed by atoms with Gasteiger partial charge in [0.2, 0.25) is 0 Å². The fourth-order valence-corrected chi connectivity index (χ4v) is 8.70. The minimum Gasteiger partial charge on any atom is -0.458 e. The summed E-state index contributed by atoms with van der Waals surface area (Å²) >= 11 is 0. The second-order valence-corrected chi connectivity index (χ2v) is 11.4. The van der Waals surface area contributed by atoms with E-state index in [1.165, 1.54) is 0 Å². The van der Waals surface area contributed by atoms with Crippen molar-refractivity contribution in [1.29, 1.82) is 0 Å². The number of carbonyl (C=O) groups is 3. The van der Waals surface area contributed by atoms with Gasteiger partial charge in [-0.25, -0.2) is 0 Å². The Bertz CT molecular complexity index is 1010. The molecule has 4 aliphatic carbocycles. The van der Waals surface area contributed by atoms with Crippen molar-refractivity contribution in [3.63, 3.8) is 0 Å². The van der Waals surface area contributed by atoms with Crippen LogP contribution in [-0.4, -0.2) is 47.2 Å². The Morgan fingerprint density at radius 2 is 1.91 bits per heavy atom. The lowest BCUT2D eigenvalue weighted by atomic mass is 9.45. The highest BCUT2D eigenvalue weighted by atomic mass is 19.4. The Balaban J connectivity index is 1.45. The van der Waals surface area contributed by atoms with E-state index in [2.05, 4.69) is 19.2 Å². The fourth-order valence-electron chi connectivity index (χ4n) is 8.70. The van der Waals surface area contributed by atoms with Gasteiger partial charge in [-0.2, -0.15) is 13.2 Å². The number of ether oxygens (including phenoxy) is 2. The van der Waals surface area contributed by atoms with Crippen molar-refractivity contribution in [3.8, 4) is 0 Å². The number of halogens is 3. The molecular formula is C24H28F3NO5. The summed E-state index contributed by atoms with van der Waals surface area (Å²) in [5, 5.41) is 2.29. The third-order valence-electron chi connectivity index (χ3n) is 10.3. The SMILES string of the molecule is C[C@]12CCC(=O)C=C1C[C@@H](NC(=O)C(F)(F)F)C1C3CC[C@@]4(CCC(=O)O4)[C@@]3(C)C[C@@H]3O[C@@]132. The van der Waals surface area contributed by atoms with Crippen LogP contribution < -0.4 is 5.32 Å². The molecule has 0 aromatic carbocycles. The van der Waals surface area contributed by atoms with Gasteiger partial charge in [0, 0.05) is 35.6 Å². The average molecular weight is 467 g/mol. The molecular weight excluding hydrogens is 439 g/mol. The third kappa shape index (κ3) is 2.52. The summed E-state index contributed by atoms with van der Waals surface area (Å²) in [6, 6.07) is -0.800. The molecule has 33 heavy (non-hydrogen) atoms. The van der Waals surface area contributed by atoms with Crippen LogP contribution in [0.4, 0.5) is 13.2 Å². The number of epoxide rings is 1. The van der Waals surface area contributed by atoms with Crippen LogP contribution in [0.1, 0.15) is 65.2 Å². The summed E-state index contributed by atoms with van der Waals surface area (Å²) in [4.78, 5) is 36.4. The first-order chi connectivity index (χ1) is 15.4. The second kappa shape index (κ2) is 6.20. The molecule has 180 valence electrons. The highest BCUT2D eigenvalue weighted by Gasteiger charge is 2.83. The number of hydrogen-bond acceptors (Lipinski definition) is 5. The van der Waals surface area contributed by atoms with Gasteiger partial charge in [0.05, 0.1) is 6.10 Å². The lowest BCUT2D eigenvalue weighted by Crippen LogP contribution is -2.66. The van der Waals surface area contributed by atoms with E-state index in [1.54, 1.807) is 6.08 Å². The molecule has 2 unspecified atom stereocenters. The van der Waals surface area contributed by atoms with E-state index in [0.29, 0.717) is 44.9 Å². The van der Waals surface area contributed by atoms with Gasteiger partial charge in [-0.3, -0.25) is 14.4 Å². The molecule has 2 heterocycles. The molecule has 1 N–H and O–H groups in total. The maximum atomic E-state index is 13.3. The Morgan fingerprint density at radius 3 is 2.58 bits per heavy atom. The molecule has 6 rings (SSSR count). The summed E-state index contributed by atoms with van der Waals surface area (Å²) < 4.78 is 52.2. The standard InChI is InChI=1S/C24H28F3NO5/c1-20-6-3-13(29)9-12(20)10-15(28-19(31)24(25,26)27)18-14-4-7-22(8-5-17(30)33-22)21(14,2)11-16-23(18,20)32-16/h9,14-16,18H,3-8,10-11H2,1-2H3,(H,28,31)/t14?,15-,16+,18?,20+,21+,22-,23-/m1/s1. The quantitative estimate of drug-likeness (QED) is 0.472. The van der Waals surface area contributed by atoms with E-state index < -0.39 is 40.2 Å². The molecule has 6 aliphatic rings. The van der Waals surface area contributed by atoms with Crippen molar-refractivity contribution < 1.29 is 37.0 Å². The first-order valence-corrected chi connectivity index (χ1v) is 11.9. The summed E-state index contributed by atoms with van der Waals surface area (Å²) in [6.07, 6.45) is 0.561. The van der Waals surface area contributed by atoms with Gasteiger partial charge in [0.15, 0.2) is 5.78 Å². The lowest BCUT2D eigenvalue weighted by Gasteiger charge is -2.59. The number of alkyl halides is 3. The Kier molecular flexibility index (Phi) is 4.06. The molecule has 2 spiro atoms. The predicted octanol–water partition coefficient (Wildman–Crippen LogP) is 3.38. The molecule has 1 amide bonds. The van der Waals surface area contributed by atoms with E-state index >= 15 is 0 Å². The van der Waals surface area contributed by atoms with Crippen LogP contribution in [-0.2, 0) is 23.9 Å². The topological polar surface area (TPSA) is 85.0 Å². The van der Waals surface area contributed by atoms with Crippen LogP contribution in [0.15, 0.2) is 11.6 Å². The number of esters is 1. The molecule has 3 saturated carbocycles. The van der Waals surface area contributed by atoms with Crippen molar-refractivity contribution in [2.75, 3.05) is 0 Å². The Morgan fingerprint density at radius 1 is 1.15 bits per heavy atom. The number of rotatable bonds is 1. The number of hydrogen-bond donors (Lipinski definition) is 1. The number of nitrogens with one attached hydrogen (secondary N) is 1. The summed E-state index contributed by atoms with van der Waals surface area (Å²) in [6.45, 7) is 4.17. The number of ketones is 1. The molecule has 5 fully saturated rings. The predicted molar refractivity (Wildman–Crippen MR) is 108 cm³/mol. The van der Waals surface area contributed by atoms with Crippen LogP contribution in [0.2, 0.25) is 0 Å². The van der Waals surface area contributed by atoms with Crippen LogP contribution in [0, 0.1) is 22.7 Å². The fraction of sp³-hybridized carbons (Fsp3) is 0.792. The third-order valence-corrected chi connectivity index (χ3v) is 10.3. The summed E-state index contributed by atoms with van der Waals surface area (Å²) in [5.74, 6) is -2.62. The van der Waals surface area contributed by atoms with E-state index in [9.17, 15) is 27.6 Å². The van der Waals surface area contributed by atoms with E-state index in [-0.39, 0.29) is 36.1 Å². The van der Waals surface area contributed by atoms with E-state index in [0.717, 1.165) is 5.57 Å². The van der Waals surface area contributed by atoms with Crippen molar-refractivity contribution in [1.82, 2.24) is 5.32 Å². The van der Waals surface area contributed by atoms with Crippen molar-refractivity contribution in [3.05, 3.63) is 11.6 Å². The highest BCUT2D eigenvalue weighted by molar-refractivity contribution is 5.92. The number of carbonyl (C=O) groups excluding carboxylic acids is 3. The minimum atomic E-state index is -5.00. The molecule has 9 heteroatoms. The van der Waals surface area contributed by atoms with Crippen LogP contribution in [0.5, 0.6) is 0 Å². The van der Waals surface area contributed by atoms with Crippen molar-refractivity contribution >= 4 is 17.7 Å². The van der Waals surface area contributed by atoms with Gasteiger partial charge < -0.3 is 14.8 Å². The Labute approximate surface area is 189 Å². The second-order valence-electron chi connectivity index (χ2n) is 11.4. The maximum Gasteiger partial charge on any atom is 0.471 e. The monoisotopic (exact) mass is 467 g/mol. The average Bonchev–Trinajstić information content (AvgIpc) is 3.21. The smallest absolute Gasteiger partial charge is 0.458 e. The van der Waals surface area contributed by atoms with Gasteiger partial charge in [0.1, 0.15) is 11.2 Å². The van der Waals surface area contributed by atoms with Crippen molar-refractivity contribution in [2.45, 2.75) is 94.7 Å². The maximum absolute atomic E-state index is 13.3. The Hall–Kier alpha value is -1.90. The van der Waals surface area contributed by atoms with E-state index in [1.807, 2.05) is 0 Å². The zero-order valence-electron chi connectivity index (χ0n) is 18.7. The number of amides is 1. The van der Waals surface area contributed by atoms with Gasteiger partial charge in [-0.1, -0.05) is 19.4 Å². The zero-order chi connectivity index (χ0) is 23.6. The summed E-state index contributed by atoms with van der Waals surface area (Å²) in [5.41, 5.74) is -1.43. The molecule has 2 aliphatic heterocycles. The number of fused-ring (bicyclic) bond motifs is 4. The highest BCUT2D eigenvalue weighted by Crippen LogP contribution is 2.77. The molecule has 2 saturated heterocycles.